The zero-order valence-electron chi connectivity index (χ0n) is 15.6. The van der Waals surface area contributed by atoms with Crippen LogP contribution < -0.4 is 4.80 Å². The molecule has 26 heavy (non-hydrogen) atoms. The Balaban J connectivity index is 1.99. The van der Waals surface area contributed by atoms with Crippen LogP contribution in [0, 0.1) is 0 Å². The van der Waals surface area contributed by atoms with Crippen LogP contribution in [-0.2, 0) is 5.41 Å². The molecule has 0 bridgehead atoms. The van der Waals surface area contributed by atoms with E-state index in [9.17, 15) is 10.2 Å². The van der Waals surface area contributed by atoms with E-state index in [4.69, 9.17) is 4.99 Å². The fraction of sp³-hybridized carbons (Fsp3) is 0.500. The Morgan fingerprint density at radius 2 is 1.85 bits per heavy atom. The summed E-state index contributed by atoms with van der Waals surface area (Å²) in [5.41, 5.74) is 1.78. The number of phenolic OH excluding ortho intramolecular Hbond substituents is 2. The number of rotatable bonds is 3. The van der Waals surface area contributed by atoms with Gasteiger partial charge in [0.15, 0.2) is 11.5 Å². The molecule has 1 heterocycles. The topological polar surface area (TPSA) is 70.1 Å². The molecule has 5 nitrogen and oxygen atoms in total. The molecular weight excluding hydrogens is 346 g/mol. The molecule has 0 spiro atoms. The van der Waals surface area contributed by atoms with Crippen molar-refractivity contribution >= 4 is 17.6 Å². The van der Waals surface area contributed by atoms with Gasteiger partial charge < -0.3 is 10.2 Å². The van der Waals surface area contributed by atoms with Crippen molar-refractivity contribution in [3.05, 3.63) is 39.6 Å². The van der Waals surface area contributed by atoms with Crippen molar-refractivity contribution in [3.63, 3.8) is 0 Å². The summed E-state index contributed by atoms with van der Waals surface area (Å²) in [5.74, 6) is -0.277. The second-order valence-electron chi connectivity index (χ2n) is 7.88. The average molecular weight is 374 g/mol. The van der Waals surface area contributed by atoms with Gasteiger partial charge in [-0.2, -0.15) is 5.10 Å². The quantitative estimate of drug-likeness (QED) is 0.619. The van der Waals surface area contributed by atoms with Crippen LogP contribution in [0.3, 0.4) is 0 Å². The lowest BCUT2D eigenvalue weighted by molar-refractivity contribution is 0.403. The van der Waals surface area contributed by atoms with Gasteiger partial charge >= 0.3 is 0 Å². The van der Waals surface area contributed by atoms with Crippen molar-refractivity contribution in [2.75, 3.05) is 0 Å². The molecule has 3 rings (SSSR count). The van der Waals surface area contributed by atoms with E-state index in [2.05, 4.69) is 31.3 Å². The SMILES string of the molecule is CC(C)(C)c1cs/c(=N\C2CCCCC2)n1/N=C/c1ccc(O)c(O)c1. The first-order valence-electron chi connectivity index (χ1n) is 9.16. The summed E-state index contributed by atoms with van der Waals surface area (Å²) in [7, 11) is 0. The molecule has 1 aromatic heterocycles. The predicted octanol–water partition coefficient (Wildman–Crippen LogP) is 4.37. The second kappa shape index (κ2) is 7.66. The maximum atomic E-state index is 9.68. The summed E-state index contributed by atoms with van der Waals surface area (Å²) in [6, 6.07) is 5.07. The van der Waals surface area contributed by atoms with Gasteiger partial charge in [-0.25, -0.2) is 4.68 Å². The Labute approximate surface area is 158 Å². The summed E-state index contributed by atoms with van der Waals surface area (Å²) in [4.78, 5) is 5.89. The number of aromatic nitrogens is 1. The van der Waals surface area contributed by atoms with E-state index < -0.39 is 0 Å². The molecule has 0 aliphatic heterocycles. The van der Waals surface area contributed by atoms with Gasteiger partial charge in [0, 0.05) is 10.8 Å². The van der Waals surface area contributed by atoms with Gasteiger partial charge in [-0.1, -0.05) is 40.0 Å². The van der Waals surface area contributed by atoms with E-state index in [1.165, 1.54) is 31.4 Å². The summed E-state index contributed by atoms with van der Waals surface area (Å²) in [6.45, 7) is 6.49. The molecule has 0 unspecified atom stereocenters. The molecule has 0 atom stereocenters. The smallest absolute Gasteiger partial charge is 0.206 e. The summed E-state index contributed by atoms with van der Waals surface area (Å²) in [5, 5.41) is 25.9. The zero-order valence-corrected chi connectivity index (χ0v) is 16.5. The van der Waals surface area contributed by atoms with Crippen molar-refractivity contribution in [1.29, 1.82) is 0 Å². The first-order chi connectivity index (χ1) is 12.3. The number of benzene rings is 1. The Morgan fingerprint density at radius 3 is 2.50 bits per heavy atom. The van der Waals surface area contributed by atoms with E-state index in [0.717, 1.165) is 28.9 Å². The van der Waals surface area contributed by atoms with Crippen LogP contribution in [-0.4, -0.2) is 27.1 Å². The van der Waals surface area contributed by atoms with Gasteiger partial charge in [-0.05, 0) is 36.6 Å². The molecule has 2 N–H and O–H groups in total. The van der Waals surface area contributed by atoms with Crippen molar-refractivity contribution in [2.24, 2.45) is 10.1 Å². The Morgan fingerprint density at radius 1 is 1.12 bits per heavy atom. The average Bonchev–Trinajstić information content (AvgIpc) is 3.00. The van der Waals surface area contributed by atoms with Crippen LogP contribution in [0.1, 0.15) is 64.1 Å². The number of hydrogen-bond acceptors (Lipinski definition) is 5. The highest BCUT2D eigenvalue weighted by atomic mass is 32.1. The molecule has 1 aromatic carbocycles. The normalized spacial score (nSPS) is 17.3. The third kappa shape index (κ3) is 4.36. The first-order valence-corrected chi connectivity index (χ1v) is 10.0. The minimum atomic E-state index is -0.146. The monoisotopic (exact) mass is 373 g/mol. The summed E-state index contributed by atoms with van der Waals surface area (Å²) >= 11 is 1.63. The molecule has 1 aliphatic carbocycles. The van der Waals surface area contributed by atoms with Crippen molar-refractivity contribution in [3.8, 4) is 11.5 Å². The third-order valence-corrected chi connectivity index (χ3v) is 5.47. The molecule has 1 saturated carbocycles. The standard InChI is InChI=1S/C20H27N3O2S/c1-20(2,3)18-13-26-19(22-15-7-5-4-6-8-15)23(18)21-12-14-9-10-16(24)17(25)11-14/h9-13,15,24-25H,4-8H2,1-3H3/b21-12+,22-19-. The van der Waals surface area contributed by atoms with Gasteiger partial charge in [0.05, 0.1) is 18.0 Å². The highest BCUT2D eigenvalue weighted by Gasteiger charge is 2.21. The van der Waals surface area contributed by atoms with Gasteiger partial charge in [0.1, 0.15) is 0 Å². The van der Waals surface area contributed by atoms with Crippen LogP contribution in [0.5, 0.6) is 11.5 Å². The van der Waals surface area contributed by atoms with Crippen molar-refractivity contribution in [1.82, 2.24) is 4.68 Å². The maximum Gasteiger partial charge on any atom is 0.206 e. The molecule has 6 heteroatoms. The van der Waals surface area contributed by atoms with Gasteiger partial charge in [0.25, 0.3) is 0 Å². The second-order valence-corrected chi connectivity index (χ2v) is 8.72. The van der Waals surface area contributed by atoms with Crippen molar-refractivity contribution in [2.45, 2.75) is 64.3 Å². The van der Waals surface area contributed by atoms with E-state index in [1.54, 1.807) is 23.6 Å². The Kier molecular flexibility index (Phi) is 5.51. The lowest BCUT2D eigenvalue weighted by Crippen LogP contribution is -2.24. The van der Waals surface area contributed by atoms with E-state index in [1.807, 2.05) is 4.68 Å². The number of thiazole rings is 1. The lowest BCUT2D eigenvalue weighted by atomic mass is 9.93. The molecule has 0 saturated heterocycles. The molecule has 0 radical (unpaired) electrons. The molecule has 0 amide bonds. The molecule has 140 valence electrons. The van der Waals surface area contributed by atoms with Crippen LogP contribution >= 0.6 is 11.3 Å². The van der Waals surface area contributed by atoms with E-state index in [-0.39, 0.29) is 16.9 Å². The van der Waals surface area contributed by atoms with Crippen LogP contribution in [0.4, 0.5) is 0 Å². The van der Waals surface area contributed by atoms with Crippen LogP contribution in [0.25, 0.3) is 0 Å². The van der Waals surface area contributed by atoms with Crippen molar-refractivity contribution < 1.29 is 10.2 Å². The number of aromatic hydroxyl groups is 2. The van der Waals surface area contributed by atoms with E-state index in [0.29, 0.717) is 6.04 Å². The third-order valence-electron chi connectivity index (χ3n) is 4.64. The number of phenols is 2. The molecular formula is C20H27N3O2S. The Bertz CT molecular complexity index is 853. The fourth-order valence-corrected chi connectivity index (χ4v) is 4.24. The first kappa shape index (κ1) is 18.7. The van der Waals surface area contributed by atoms with Gasteiger partial charge in [0.2, 0.25) is 4.80 Å². The van der Waals surface area contributed by atoms with Gasteiger partial charge in [-0.15, -0.1) is 11.3 Å². The minimum Gasteiger partial charge on any atom is -0.504 e. The van der Waals surface area contributed by atoms with Gasteiger partial charge in [-0.3, -0.25) is 4.99 Å². The zero-order chi connectivity index (χ0) is 18.7. The molecule has 1 aliphatic rings. The lowest BCUT2D eigenvalue weighted by Gasteiger charge is -2.19. The van der Waals surface area contributed by atoms with Crippen LogP contribution in [0.15, 0.2) is 33.7 Å². The number of nitrogens with zero attached hydrogens (tertiary/aromatic N) is 3. The minimum absolute atomic E-state index is 0.0503. The largest absolute Gasteiger partial charge is 0.504 e. The predicted molar refractivity (Wildman–Crippen MR) is 106 cm³/mol. The summed E-state index contributed by atoms with van der Waals surface area (Å²) < 4.78 is 1.92. The fourth-order valence-electron chi connectivity index (χ4n) is 3.11. The maximum absolute atomic E-state index is 9.68. The highest BCUT2D eigenvalue weighted by Crippen LogP contribution is 2.25. The van der Waals surface area contributed by atoms with E-state index >= 15 is 0 Å². The van der Waals surface area contributed by atoms with Crippen LogP contribution in [0.2, 0.25) is 0 Å². The highest BCUT2D eigenvalue weighted by molar-refractivity contribution is 7.07. The Hall–Kier alpha value is -2.08. The molecule has 1 fully saturated rings. The molecule has 2 aromatic rings. The summed E-state index contributed by atoms with van der Waals surface area (Å²) in [6.07, 6.45) is 7.81. The number of hydrogen-bond donors (Lipinski definition) is 2.